The van der Waals surface area contributed by atoms with Crippen molar-refractivity contribution < 1.29 is 19.4 Å². The maximum Gasteiger partial charge on any atom is 0.220 e. The van der Waals surface area contributed by atoms with E-state index in [2.05, 4.69) is 5.32 Å². The zero-order valence-corrected chi connectivity index (χ0v) is 9.83. The number of methoxy groups -OCH3 is 1. The lowest BCUT2D eigenvalue weighted by atomic mass is 9.91. The number of aliphatic hydroxyl groups excluding tert-OH is 1. The number of amides is 1. The first-order valence-corrected chi connectivity index (χ1v) is 5.71. The Bertz CT molecular complexity index is 214. The summed E-state index contributed by atoms with van der Waals surface area (Å²) in [6.07, 6.45) is 2.51. The monoisotopic (exact) mass is 231 g/mol. The average Bonchev–Trinajstić information content (AvgIpc) is 2.30. The second-order valence-corrected chi connectivity index (χ2v) is 4.20. The molecule has 1 rings (SSSR count). The lowest BCUT2D eigenvalue weighted by Crippen LogP contribution is -2.54. The molecule has 1 amide bonds. The van der Waals surface area contributed by atoms with Crippen LogP contribution in [-0.2, 0) is 14.3 Å². The van der Waals surface area contributed by atoms with E-state index < -0.39 is 5.54 Å². The normalized spacial score (nSPS) is 19.4. The summed E-state index contributed by atoms with van der Waals surface area (Å²) >= 11 is 0. The van der Waals surface area contributed by atoms with Crippen molar-refractivity contribution in [2.24, 2.45) is 0 Å². The summed E-state index contributed by atoms with van der Waals surface area (Å²) in [6, 6.07) is 0. The standard InChI is InChI=1S/C11H21NO4/c1-15-6-2-3-10(14)12-11(9-13)4-7-16-8-5-11/h13H,2-9H2,1H3,(H,12,14). The number of rotatable bonds is 6. The van der Waals surface area contributed by atoms with E-state index in [-0.39, 0.29) is 12.5 Å². The minimum Gasteiger partial charge on any atom is -0.394 e. The van der Waals surface area contributed by atoms with Gasteiger partial charge in [-0.15, -0.1) is 0 Å². The van der Waals surface area contributed by atoms with E-state index in [1.165, 1.54) is 0 Å². The summed E-state index contributed by atoms with van der Waals surface area (Å²) in [6.45, 7) is 1.76. The first-order chi connectivity index (χ1) is 7.72. The Hall–Kier alpha value is -0.650. The first kappa shape index (κ1) is 13.4. The van der Waals surface area contributed by atoms with Crippen molar-refractivity contribution in [3.8, 4) is 0 Å². The molecular weight excluding hydrogens is 210 g/mol. The highest BCUT2D eigenvalue weighted by Gasteiger charge is 2.33. The van der Waals surface area contributed by atoms with Crippen molar-refractivity contribution in [2.45, 2.75) is 31.2 Å². The Morgan fingerprint density at radius 1 is 1.50 bits per heavy atom. The number of carbonyl (C=O) groups excluding carboxylic acids is 1. The first-order valence-electron chi connectivity index (χ1n) is 5.71. The molecule has 5 nitrogen and oxygen atoms in total. The lowest BCUT2D eigenvalue weighted by Gasteiger charge is -2.36. The molecule has 0 bridgehead atoms. The number of hydrogen-bond acceptors (Lipinski definition) is 4. The predicted octanol–water partition coefficient (Wildman–Crippen LogP) is 0.0707. The van der Waals surface area contributed by atoms with Crippen molar-refractivity contribution in [2.75, 3.05) is 33.5 Å². The van der Waals surface area contributed by atoms with Crippen LogP contribution in [0.15, 0.2) is 0 Å². The summed E-state index contributed by atoms with van der Waals surface area (Å²) < 4.78 is 10.1. The molecule has 1 aliphatic rings. The van der Waals surface area contributed by atoms with E-state index in [0.29, 0.717) is 45.5 Å². The van der Waals surface area contributed by atoms with Crippen LogP contribution in [0.3, 0.4) is 0 Å². The molecule has 1 heterocycles. The van der Waals surface area contributed by atoms with E-state index >= 15 is 0 Å². The number of carbonyl (C=O) groups is 1. The number of ether oxygens (including phenoxy) is 2. The average molecular weight is 231 g/mol. The lowest BCUT2D eigenvalue weighted by molar-refractivity contribution is -0.125. The Kier molecular flexibility index (Phi) is 5.73. The Balaban J connectivity index is 2.33. The van der Waals surface area contributed by atoms with Gasteiger partial charge in [0.1, 0.15) is 0 Å². The highest BCUT2D eigenvalue weighted by atomic mass is 16.5. The second kappa shape index (κ2) is 6.83. The van der Waals surface area contributed by atoms with Crippen LogP contribution >= 0.6 is 0 Å². The third-order valence-electron chi connectivity index (χ3n) is 2.91. The Labute approximate surface area is 96.1 Å². The van der Waals surface area contributed by atoms with Gasteiger partial charge in [0.15, 0.2) is 0 Å². The van der Waals surface area contributed by atoms with Gasteiger partial charge in [0.25, 0.3) is 0 Å². The van der Waals surface area contributed by atoms with Gasteiger partial charge in [0.05, 0.1) is 12.1 Å². The fourth-order valence-corrected chi connectivity index (χ4v) is 1.82. The summed E-state index contributed by atoms with van der Waals surface area (Å²) in [5.41, 5.74) is -0.470. The van der Waals surface area contributed by atoms with E-state index in [4.69, 9.17) is 9.47 Å². The van der Waals surface area contributed by atoms with Gasteiger partial charge in [0.2, 0.25) is 5.91 Å². The van der Waals surface area contributed by atoms with Gasteiger partial charge in [-0.05, 0) is 19.3 Å². The quantitative estimate of drug-likeness (QED) is 0.635. The molecule has 1 fully saturated rings. The van der Waals surface area contributed by atoms with E-state index in [1.807, 2.05) is 0 Å². The van der Waals surface area contributed by atoms with Gasteiger partial charge in [-0.1, -0.05) is 0 Å². The molecule has 0 saturated carbocycles. The zero-order chi connectivity index (χ0) is 11.9. The molecule has 0 aromatic rings. The SMILES string of the molecule is COCCCC(=O)NC1(CO)CCOCC1. The number of aliphatic hydroxyl groups is 1. The van der Waals surface area contributed by atoms with Gasteiger partial charge >= 0.3 is 0 Å². The molecule has 1 saturated heterocycles. The van der Waals surface area contributed by atoms with Gasteiger partial charge in [-0.25, -0.2) is 0 Å². The van der Waals surface area contributed by atoms with Gasteiger partial charge in [-0.2, -0.15) is 0 Å². The van der Waals surface area contributed by atoms with Crippen molar-refractivity contribution in [3.05, 3.63) is 0 Å². The molecule has 2 N–H and O–H groups in total. The minimum absolute atomic E-state index is 0.0204. The summed E-state index contributed by atoms with van der Waals surface area (Å²) in [7, 11) is 1.62. The van der Waals surface area contributed by atoms with Gasteiger partial charge in [-0.3, -0.25) is 4.79 Å². The van der Waals surface area contributed by atoms with Crippen LogP contribution in [0.2, 0.25) is 0 Å². The molecule has 0 unspecified atom stereocenters. The predicted molar refractivity (Wildman–Crippen MR) is 59.1 cm³/mol. The molecule has 0 spiro atoms. The highest BCUT2D eigenvalue weighted by Crippen LogP contribution is 2.20. The van der Waals surface area contributed by atoms with Crippen LogP contribution in [0, 0.1) is 0 Å². The second-order valence-electron chi connectivity index (χ2n) is 4.20. The van der Waals surface area contributed by atoms with Crippen LogP contribution in [0.5, 0.6) is 0 Å². The van der Waals surface area contributed by atoms with Gasteiger partial charge in [0, 0.05) is 33.4 Å². The van der Waals surface area contributed by atoms with Gasteiger partial charge < -0.3 is 19.9 Å². The number of hydrogen-bond donors (Lipinski definition) is 2. The van der Waals surface area contributed by atoms with E-state index in [1.54, 1.807) is 7.11 Å². The molecule has 0 radical (unpaired) electrons. The summed E-state index contributed by atoms with van der Waals surface area (Å²) in [5.74, 6) is -0.0204. The molecule has 0 aromatic heterocycles. The molecule has 16 heavy (non-hydrogen) atoms. The zero-order valence-electron chi connectivity index (χ0n) is 9.83. The van der Waals surface area contributed by atoms with E-state index in [9.17, 15) is 9.90 Å². The van der Waals surface area contributed by atoms with Crippen LogP contribution in [0.25, 0.3) is 0 Å². The minimum atomic E-state index is -0.470. The van der Waals surface area contributed by atoms with Crippen LogP contribution in [0.1, 0.15) is 25.7 Å². The molecule has 0 aliphatic carbocycles. The molecule has 5 heteroatoms. The van der Waals surface area contributed by atoms with Crippen molar-refractivity contribution in [1.29, 1.82) is 0 Å². The van der Waals surface area contributed by atoms with Crippen molar-refractivity contribution in [1.82, 2.24) is 5.32 Å². The highest BCUT2D eigenvalue weighted by molar-refractivity contribution is 5.76. The van der Waals surface area contributed by atoms with Crippen LogP contribution < -0.4 is 5.32 Å². The largest absolute Gasteiger partial charge is 0.394 e. The summed E-state index contributed by atoms with van der Waals surface area (Å²) in [4.78, 5) is 11.6. The third kappa shape index (κ3) is 4.08. The van der Waals surface area contributed by atoms with Crippen LogP contribution in [0.4, 0.5) is 0 Å². The fraction of sp³-hybridized carbons (Fsp3) is 0.909. The maximum absolute atomic E-state index is 11.6. The fourth-order valence-electron chi connectivity index (χ4n) is 1.82. The molecule has 0 aromatic carbocycles. The topological polar surface area (TPSA) is 67.8 Å². The smallest absolute Gasteiger partial charge is 0.220 e. The molecule has 1 aliphatic heterocycles. The molecule has 0 atom stereocenters. The van der Waals surface area contributed by atoms with E-state index in [0.717, 1.165) is 0 Å². The Morgan fingerprint density at radius 2 is 2.19 bits per heavy atom. The summed E-state index contributed by atoms with van der Waals surface area (Å²) in [5, 5.41) is 12.3. The van der Waals surface area contributed by atoms with Crippen molar-refractivity contribution >= 4 is 5.91 Å². The molecule has 94 valence electrons. The molecular formula is C11H21NO4. The van der Waals surface area contributed by atoms with Crippen molar-refractivity contribution in [3.63, 3.8) is 0 Å². The number of nitrogens with one attached hydrogen (secondary N) is 1. The maximum atomic E-state index is 11.6. The third-order valence-corrected chi connectivity index (χ3v) is 2.91. The Morgan fingerprint density at radius 3 is 2.75 bits per heavy atom. The van der Waals surface area contributed by atoms with Crippen LogP contribution in [-0.4, -0.2) is 50.1 Å².